The van der Waals surface area contributed by atoms with Gasteiger partial charge < -0.3 is 10.6 Å². The van der Waals surface area contributed by atoms with Crippen LogP contribution in [0.5, 0.6) is 0 Å². The van der Waals surface area contributed by atoms with Crippen molar-refractivity contribution in [2.24, 2.45) is 0 Å². The van der Waals surface area contributed by atoms with Gasteiger partial charge in [0, 0.05) is 31.4 Å². The number of nitrogens with two attached hydrogens (primary N) is 1. The Bertz CT molecular complexity index is 467. The summed E-state index contributed by atoms with van der Waals surface area (Å²) in [6.45, 7) is 1.79. The van der Waals surface area contributed by atoms with Crippen LogP contribution in [0.2, 0.25) is 0 Å². The molecule has 0 saturated heterocycles. The van der Waals surface area contributed by atoms with Gasteiger partial charge in [0.05, 0.1) is 17.6 Å². The maximum Gasteiger partial charge on any atom is 0.0545 e. The first kappa shape index (κ1) is 12.5. The van der Waals surface area contributed by atoms with Crippen molar-refractivity contribution in [3.63, 3.8) is 0 Å². The van der Waals surface area contributed by atoms with Gasteiger partial charge in [-0.25, -0.2) is 0 Å². The molecule has 18 heavy (non-hydrogen) atoms. The van der Waals surface area contributed by atoms with Crippen LogP contribution in [-0.2, 0) is 13.0 Å². The van der Waals surface area contributed by atoms with E-state index in [2.05, 4.69) is 28.0 Å². The Morgan fingerprint density at radius 1 is 1.11 bits per heavy atom. The molecule has 2 rings (SSSR count). The maximum absolute atomic E-state index is 5.61. The molecule has 0 aliphatic carbocycles. The van der Waals surface area contributed by atoms with Gasteiger partial charge in [-0.1, -0.05) is 6.07 Å². The fourth-order valence-corrected chi connectivity index (χ4v) is 1.74. The summed E-state index contributed by atoms with van der Waals surface area (Å²) in [6, 6.07) is 9.85. The average molecular weight is 242 g/mol. The first-order chi connectivity index (χ1) is 8.74. The lowest BCUT2D eigenvalue weighted by Crippen LogP contribution is -2.21. The normalized spacial score (nSPS) is 10.8. The first-order valence-corrected chi connectivity index (χ1v) is 6.03. The number of hydrogen-bond donors (Lipinski definition) is 1. The Labute approximate surface area is 107 Å². The lowest BCUT2D eigenvalue weighted by Gasteiger charge is -2.15. The van der Waals surface area contributed by atoms with E-state index < -0.39 is 0 Å². The van der Waals surface area contributed by atoms with Crippen LogP contribution in [0.4, 0.5) is 5.69 Å². The molecule has 0 aliphatic heterocycles. The Hall–Kier alpha value is -1.94. The number of aromatic nitrogens is 2. The molecule has 0 spiro atoms. The lowest BCUT2D eigenvalue weighted by molar-refractivity contribution is 0.326. The van der Waals surface area contributed by atoms with Crippen LogP contribution < -0.4 is 5.73 Å². The van der Waals surface area contributed by atoms with Crippen LogP contribution >= 0.6 is 0 Å². The SMILES string of the molecule is CN(CCc1ccccn1)Cc1ccc(N)cn1. The molecule has 0 unspecified atom stereocenters. The molecule has 0 atom stereocenters. The minimum atomic E-state index is 0.704. The molecule has 0 aliphatic rings. The molecule has 0 aromatic carbocycles. The van der Waals surface area contributed by atoms with E-state index in [1.165, 1.54) is 0 Å². The van der Waals surface area contributed by atoms with Crippen molar-refractivity contribution < 1.29 is 0 Å². The van der Waals surface area contributed by atoms with E-state index in [0.29, 0.717) is 5.69 Å². The number of rotatable bonds is 5. The second-order valence-electron chi connectivity index (χ2n) is 4.39. The number of pyridine rings is 2. The molecule has 0 bridgehead atoms. The van der Waals surface area contributed by atoms with Crippen molar-refractivity contribution in [1.29, 1.82) is 0 Å². The summed E-state index contributed by atoms with van der Waals surface area (Å²) in [7, 11) is 2.08. The summed E-state index contributed by atoms with van der Waals surface area (Å²) >= 11 is 0. The molecule has 0 fully saturated rings. The minimum Gasteiger partial charge on any atom is -0.397 e. The van der Waals surface area contributed by atoms with Crippen LogP contribution in [0.1, 0.15) is 11.4 Å². The quantitative estimate of drug-likeness (QED) is 0.867. The smallest absolute Gasteiger partial charge is 0.0545 e. The predicted molar refractivity (Wildman–Crippen MR) is 72.9 cm³/mol. The predicted octanol–water partition coefficient (Wildman–Crippen LogP) is 1.73. The topological polar surface area (TPSA) is 55.0 Å². The third-order valence-electron chi connectivity index (χ3n) is 2.76. The van der Waals surface area contributed by atoms with E-state index in [4.69, 9.17) is 5.73 Å². The second-order valence-corrected chi connectivity index (χ2v) is 4.39. The number of anilines is 1. The van der Waals surface area contributed by atoms with Gasteiger partial charge in [-0.2, -0.15) is 0 Å². The third kappa shape index (κ3) is 3.82. The second kappa shape index (κ2) is 6.12. The summed E-state index contributed by atoms with van der Waals surface area (Å²) in [5.41, 5.74) is 8.47. The zero-order valence-electron chi connectivity index (χ0n) is 10.6. The van der Waals surface area contributed by atoms with Gasteiger partial charge in [-0.15, -0.1) is 0 Å². The largest absolute Gasteiger partial charge is 0.397 e. The molecule has 0 amide bonds. The average Bonchev–Trinajstić information content (AvgIpc) is 2.40. The molecule has 4 heteroatoms. The van der Waals surface area contributed by atoms with Crippen LogP contribution in [0.15, 0.2) is 42.7 Å². The molecular formula is C14H18N4. The van der Waals surface area contributed by atoms with E-state index in [9.17, 15) is 0 Å². The number of nitrogens with zero attached hydrogens (tertiary/aromatic N) is 3. The van der Waals surface area contributed by atoms with Crippen molar-refractivity contribution in [1.82, 2.24) is 14.9 Å². The third-order valence-corrected chi connectivity index (χ3v) is 2.76. The number of nitrogen functional groups attached to an aromatic ring is 1. The highest BCUT2D eigenvalue weighted by Gasteiger charge is 2.02. The standard InChI is InChI=1S/C14H18N4/c1-18(9-7-13-4-2-3-8-16-13)11-14-6-5-12(15)10-17-14/h2-6,8,10H,7,9,11,15H2,1H3. The van der Waals surface area contributed by atoms with Crippen molar-refractivity contribution in [2.45, 2.75) is 13.0 Å². The molecule has 2 heterocycles. The highest BCUT2D eigenvalue weighted by molar-refractivity contribution is 5.34. The van der Waals surface area contributed by atoms with Crippen LogP contribution in [0, 0.1) is 0 Å². The van der Waals surface area contributed by atoms with E-state index in [-0.39, 0.29) is 0 Å². The molecule has 0 saturated carbocycles. The van der Waals surface area contributed by atoms with Gasteiger partial charge in [0.15, 0.2) is 0 Å². The summed E-state index contributed by atoms with van der Waals surface area (Å²) in [6.07, 6.45) is 4.48. The zero-order chi connectivity index (χ0) is 12.8. The lowest BCUT2D eigenvalue weighted by atomic mass is 10.2. The molecule has 94 valence electrons. The van der Waals surface area contributed by atoms with Gasteiger partial charge in [0.25, 0.3) is 0 Å². The van der Waals surface area contributed by atoms with Gasteiger partial charge in [-0.05, 0) is 31.3 Å². The van der Waals surface area contributed by atoms with Crippen LogP contribution in [0.3, 0.4) is 0 Å². The number of likely N-dealkylation sites (N-methyl/N-ethyl adjacent to an activating group) is 1. The monoisotopic (exact) mass is 242 g/mol. The minimum absolute atomic E-state index is 0.704. The van der Waals surface area contributed by atoms with Gasteiger partial charge >= 0.3 is 0 Å². The number of hydrogen-bond acceptors (Lipinski definition) is 4. The maximum atomic E-state index is 5.61. The summed E-state index contributed by atoms with van der Waals surface area (Å²) in [4.78, 5) is 10.8. The first-order valence-electron chi connectivity index (χ1n) is 6.03. The van der Waals surface area contributed by atoms with E-state index in [1.807, 2.05) is 30.5 Å². The van der Waals surface area contributed by atoms with Crippen molar-refractivity contribution in [3.8, 4) is 0 Å². The van der Waals surface area contributed by atoms with E-state index >= 15 is 0 Å². The van der Waals surface area contributed by atoms with Crippen LogP contribution in [0.25, 0.3) is 0 Å². The van der Waals surface area contributed by atoms with Gasteiger partial charge in [0.2, 0.25) is 0 Å². The van der Waals surface area contributed by atoms with Crippen molar-refractivity contribution in [3.05, 3.63) is 54.1 Å². The Morgan fingerprint density at radius 3 is 2.67 bits per heavy atom. The molecular weight excluding hydrogens is 224 g/mol. The highest BCUT2D eigenvalue weighted by Crippen LogP contribution is 2.04. The van der Waals surface area contributed by atoms with Crippen molar-refractivity contribution >= 4 is 5.69 Å². The molecule has 0 radical (unpaired) electrons. The van der Waals surface area contributed by atoms with Gasteiger partial charge in [0.1, 0.15) is 0 Å². The zero-order valence-corrected chi connectivity index (χ0v) is 10.6. The molecule has 2 N–H and O–H groups in total. The van der Waals surface area contributed by atoms with E-state index in [0.717, 1.165) is 30.9 Å². The summed E-state index contributed by atoms with van der Waals surface area (Å²) in [5.74, 6) is 0. The Kier molecular flexibility index (Phi) is 4.25. The molecule has 2 aromatic rings. The van der Waals surface area contributed by atoms with Crippen LogP contribution in [-0.4, -0.2) is 28.5 Å². The Balaban J connectivity index is 1.82. The fourth-order valence-electron chi connectivity index (χ4n) is 1.74. The van der Waals surface area contributed by atoms with Gasteiger partial charge in [-0.3, -0.25) is 9.97 Å². The summed E-state index contributed by atoms with van der Waals surface area (Å²) < 4.78 is 0. The Morgan fingerprint density at radius 2 is 2.00 bits per heavy atom. The van der Waals surface area contributed by atoms with E-state index in [1.54, 1.807) is 6.20 Å². The highest BCUT2D eigenvalue weighted by atomic mass is 15.1. The fraction of sp³-hybridized carbons (Fsp3) is 0.286. The molecule has 4 nitrogen and oxygen atoms in total. The summed E-state index contributed by atoms with van der Waals surface area (Å²) in [5, 5.41) is 0. The molecule has 2 aromatic heterocycles. The van der Waals surface area contributed by atoms with Crippen molar-refractivity contribution in [2.75, 3.05) is 19.3 Å².